The summed E-state index contributed by atoms with van der Waals surface area (Å²) in [4.78, 5) is 0. The largest absolute Gasteiger partial charge is 0.383 e. The van der Waals surface area contributed by atoms with Gasteiger partial charge in [-0.1, -0.05) is 31.5 Å². The van der Waals surface area contributed by atoms with Gasteiger partial charge in [0.25, 0.3) is 6.43 Å². The van der Waals surface area contributed by atoms with Crippen LogP contribution in [-0.4, -0.2) is 19.8 Å². The quantitative estimate of drug-likeness (QED) is 0.769. The van der Waals surface area contributed by atoms with Gasteiger partial charge in [0.1, 0.15) is 0 Å². The maximum atomic E-state index is 12.5. The van der Waals surface area contributed by atoms with Gasteiger partial charge < -0.3 is 10.1 Å². The summed E-state index contributed by atoms with van der Waals surface area (Å²) < 4.78 is 30.2. The zero-order valence-electron chi connectivity index (χ0n) is 11.0. The van der Waals surface area contributed by atoms with E-state index in [-0.39, 0.29) is 11.6 Å². The highest BCUT2D eigenvalue weighted by Gasteiger charge is 2.09. The van der Waals surface area contributed by atoms with Crippen LogP contribution in [0.4, 0.5) is 8.78 Å². The lowest BCUT2D eigenvalue weighted by Gasteiger charge is -2.17. The molecule has 1 unspecified atom stereocenters. The van der Waals surface area contributed by atoms with Gasteiger partial charge in [0, 0.05) is 25.3 Å². The summed E-state index contributed by atoms with van der Waals surface area (Å²) in [5, 5.41) is 3.33. The molecule has 1 N–H and O–H groups in total. The topological polar surface area (TPSA) is 21.3 Å². The highest BCUT2D eigenvalue weighted by Crippen LogP contribution is 2.19. The Morgan fingerprint density at radius 3 is 2.72 bits per heavy atom. The lowest BCUT2D eigenvalue weighted by molar-refractivity contribution is 0.151. The fourth-order valence-corrected chi connectivity index (χ4v) is 1.89. The summed E-state index contributed by atoms with van der Waals surface area (Å²) in [5.74, 6) is 0. The first-order chi connectivity index (χ1) is 8.67. The van der Waals surface area contributed by atoms with Crippen LogP contribution in [0.1, 0.15) is 37.3 Å². The molecule has 0 aliphatic rings. The predicted molar refractivity (Wildman–Crippen MR) is 68.8 cm³/mol. The molecular formula is C14H21F2NO. The van der Waals surface area contributed by atoms with E-state index in [0.29, 0.717) is 13.2 Å². The molecule has 0 heterocycles. The number of nitrogens with one attached hydrogen (secondary N) is 1. The third-order valence-corrected chi connectivity index (χ3v) is 2.80. The Morgan fingerprint density at radius 2 is 2.11 bits per heavy atom. The molecule has 4 heteroatoms. The Hall–Kier alpha value is -1.00. The van der Waals surface area contributed by atoms with E-state index in [4.69, 9.17) is 4.74 Å². The lowest BCUT2D eigenvalue weighted by atomic mass is 10.1. The third kappa shape index (κ3) is 5.10. The van der Waals surface area contributed by atoms with Gasteiger partial charge in [-0.3, -0.25) is 0 Å². The molecule has 1 rings (SSSR count). The Morgan fingerprint density at radius 1 is 1.33 bits per heavy atom. The molecule has 0 bridgehead atoms. The van der Waals surface area contributed by atoms with E-state index in [9.17, 15) is 8.78 Å². The molecule has 0 aromatic heterocycles. The van der Waals surface area contributed by atoms with E-state index in [1.807, 2.05) is 6.07 Å². The molecule has 0 aliphatic carbocycles. The normalized spacial score (nSPS) is 12.9. The maximum Gasteiger partial charge on any atom is 0.263 e. The Bertz CT molecular complexity index is 338. The van der Waals surface area contributed by atoms with Crippen LogP contribution in [0, 0.1) is 0 Å². The van der Waals surface area contributed by atoms with Gasteiger partial charge in [0.05, 0.1) is 6.61 Å². The second-order valence-electron chi connectivity index (χ2n) is 4.37. The van der Waals surface area contributed by atoms with Crippen molar-refractivity contribution in [3.63, 3.8) is 0 Å². The first kappa shape index (κ1) is 15.1. The molecule has 0 fully saturated rings. The van der Waals surface area contributed by atoms with Crippen molar-refractivity contribution in [1.29, 1.82) is 0 Å². The average Bonchev–Trinajstić information content (AvgIpc) is 2.37. The molecule has 0 amide bonds. The molecule has 0 saturated carbocycles. The monoisotopic (exact) mass is 257 g/mol. The second kappa shape index (κ2) is 8.16. The molecule has 1 atom stereocenters. The molecule has 1 aromatic rings. The summed E-state index contributed by atoms with van der Waals surface area (Å²) in [7, 11) is 1.67. The number of rotatable bonds is 8. The summed E-state index contributed by atoms with van der Waals surface area (Å²) in [6, 6.07) is 6.80. The number of methoxy groups -OCH3 is 1. The molecule has 102 valence electrons. The number of ether oxygens (including phenoxy) is 1. The smallest absolute Gasteiger partial charge is 0.263 e. The molecule has 0 radical (unpaired) electrons. The number of hydrogen-bond donors (Lipinski definition) is 1. The van der Waals surface area contributed by atoms with Crippen LogP contribution in [0.5, 0.6) is 0 Å². The highest BCUT2D eigenvalue weighted by molar-refractivity contribution is 5.24. The van der Waals surface area contributed by atoms with Gasteiger partial charge in [-0.05, 0) is 18.1 Å². The van der Waals surface area contributed by atoms with Crippen LogP contribution in [-0.2, 0) is 11.3 Å². The van der Waals surface area contributed by atoms with Crippen molar-refractivity contribution in [2.75, 3.05) is 13.7 Å². The van der Waals surface area contributed by atoms with Gasteiger partial charge in [0.2, 0.25) is 0 Å². The van der Waals surface area contributed by atoms with Crippen molar-refractivity contribution in [2.45, 2.75) is 38.8 Å². The molecule has 0 saturated heterocycles. The zero-order chi connectivity index (χ0) is 13.4. The maximum absolute atomic E-state index is 12.5. The van der Waals surface area contributed by atoms with Crippen molar-refractivity contribution >= 4 is 0 Å². The number of hydrogen-bond acceptors (Lipinski definition) is 2. The minimum absolute atomic E-state index is 0.0769. The summed E-state index contributed by atoms with van der Waals surface area (Å²) in [6.07, 6.45) is -0.323. The predicted octanol–water partition coefficient (Wildman–Crippen LogP) is 3.53. The van der Waals surface area contributed by atoms with Crippen LogP contribution < -0.4 is 5.32 Å². The molecule has 2 nitrogen and oxygen atoms in total. The first-order valence-corrected chi connectivity index (χ1v) is 6.26. The van der Waals surface area contributed by atoms with Gasteiger partial charge in [0.15, 0.2) is 0 Å². The Labute approximate surface area is 107 Å². The fourth-order valence-electron chi connectivity index (χ4n) is 1.89. The summed E-state index contributed by atoms with van der Waals surface area (Å²) >= 11 is 0. The standard InChI is InChI=1S/C14H21F2NO/c1-3-5-13(10-18-2)17-9-11-6-4-7-12(8-11)14(15)16/h4,6-8,13-14,17H,3,5,9-10H2,1-2H3. The molecule has 0 aliphatic heterocycles. The van der Waals surface area contributed by atoms with Gasteiger partial charge in [-0.25, -0.2) is 8.78 Å². The number of benzene rings is 1. The highest BCUT2D eigenvalue weighted by atomic mass is 19.3. The fraction of sp³-hybridized carbons (Fsp3) is 0.571. The molecule has 18 heavy (non-hydrogen) atoms. The van der Waals surface area contributed by atoms with Gasteiger partial charge in [-0.15, -0.1) is 0 Å². The second-order valence-corrected chi connectivity index (χ2v) is 4.37. The number of alkyl halides is 2. The summed E-state index contributed by atoms with van der Waals surface area (Å²) in [5.41, 5.74) is 0.957. The first-order valence-electron chi connectivity index (χ1n) is 6.26. The van der Waals surface area contributed by atoms with Gasteiger partial charge in [-0.2, -0.15) is 0 Å². The minimum Gasteiger partial charge on any atom is -0.383 e. The van der Waals surface area contributed by atoms with Crippen molar-refractivity contribution in [1.82, 2.24) is 5.32 Å². The molecular weight excluding hydrogens is 236 g/mol. The van der Waals surface area contributed by atoms with Crippen LogP contribution in [0.3, 0.4) is 0 Å². The van der Waals surface area contributed by atoms with Crippen LogP contribution in [0.25, 0.3) is 0 Å². The SMILES string of the molecule is CCCC(COC)NCc1cccc(C(F)F)c1. The zero-order valence-corrected chi connectivity index (χ0v) is 11.0. The minimum atomic E-state index is -2.41. The Kier molecular flexibility index (Phi) is 6.83. The van der Waals surface area contributed by atoms with E-state index < -0.39 is 6.43 Å². The van der Waals surface area contributed by atoms with Crippen LogP contribution in [0.15, 0.2) is 24.3 Å². The van der Waals surface area contributed by atoms with Crippen molar-refractivity contribution in [2.24, 2.45) is 0 Å². The van der Waals surface area contributed by atoms with E-state index in [1.54, 1.807) is 19.2 Å². The summed E-state index contributed by atoms with van der Waals surface area (Å²) in [6.45, 7) is 3.35. The van der Waals surface area contributed by atoms with E-state index >= 15 is 0 Å². The number of halogens is 2. The van der Waals surface area contributed by atoms with Crippen molar-refractivity contribution in [3.8, 4) is 0 Å². The van der Waals surface area contributed by atoms with Crippen molar-refractivity contribution in [3.05, 3.63) is 35.4 Å². The lowest BCUT2D eigenvalue weighted by Crippen LogP contribution is -2.32. The van der Waals surface area contributed by atoms with Crippen molar-refractivity contribution < 1.29 is 13.5 Å². The van der Waals surface area contributed by atoms with E-state index in [1.165, 1.54) is 6.07 Å². The van der Waals surface area contributed by atoms with Crippen LogP contribution in [0.2, 0.25) is 0 Å². The van der Waals surface area contributed by atoms with E-state index in [2.05, 4.69) is 12.2 Å². The van der Waals surface area contributed by atoms with E-state index in [0.717, 1.165) is 18.4 Å². The van der Waals surface area contributed by atoms with Crippen LogP contribution >= 0.6 is 0 Å². The third-order valence-electron chi connectivity index (χ3n) is 2.80. The average molecular weight is 257 g/mol. The Balaban J connectivity index is 2.53. The molecule has 1 aromatic carbocycles. The molecule has 0 spiro atoms. The van der Waals surface area contributed by atoms with Gasteiger partial charge >= 0.3 is 0 Å².